The van der Waals surface area contributed by atoms with Crippen LogP contribution in [0.5, 0.6) is 0 Å². The standard InChI is InChI=1S/C20H24N4O2/c21-20(26)22-19(25)18(17-9-5-2-6-10-17)24-13-11-23(12-14-24)15-16-7-3-1-4-8-16/h1-10,18H,11-15H2,(H3,21,22,25,26)/t18-/m0/s1. The third-order valence-corrected chi connectivity index (χ3v) is 4.63. The Morgan fingerprint density at radius 1 is 0.923 bits per heavy atom. The van der Waals surface area contributed by atoms with Crippen LogP contribution < -0.4 is 11.1 Å². The molecule has 3 rings (SSSR count). The van der Waals surface area contributed by atoms with Crippen LogP contribution in [0.25, 0.3) is 0 Å². The van der Waals surface area contributed by atoms with Gasteiger partial charge in [-0.1, -0.05) is 60.7 Å². The summed E-state index contributed by atoms with van der Waals surface area (Å²) in [6.45, 7) is 4.12. The highest BCUT2D eigenvalue weighted by Crippen LogP contribution is 2.23. The molecule has 3 N–H and O–H groups in total. The van der Waals surface area contributed by atoms with Gasteiger partial charge in [-0.2, -0.15) is 0 Å². The quantitative estimate of drug-likeness (QED) is 0.859. The minimum Gasteiger partial charge on any atom is -0.351 e. The van der Waals surface area contributed by atoms with Crippen molar-refractivity contribution in [3.8, 4) is 0 Å². The van der Waals surface area contributed by atoms with Crippen molar-refractivity contribution in [1.82, 2.24) is 15.1 Å². The van der Waals surface area contributed by atoms with Gasteiger partial charge in [0.1, 0.15) is 6.04 Å². The lowest BCUT2D eigenvalue weighted by Gasteiger charge is -2.38. The van der Waals surface area contributed by atoms with E-state index in [1.54, 1.807) is 0 Å². The topological polar surface area (TPSA) is 78.7 Å². The molecule has 0 aliphatic carbocycles. The van der Waals surface area contributed by atoms with Crippen LogP contribution >= 0.6 is 0 Å². The highest BCUT2D eigenvalue weighted by Gasteiger charge is 2.31. The molecule has 2 aromatic carbocycles. The Morgan fingerprint density at radius 3 is 2.08 bits per heavy atom. The SMILES string of the molecule is NC(=O)NC(=O)[C@H](c1ccccc1)N1CCN(Cc2ccccc2)CC1. The number of imide groups is 1. The number of nitrogens with one attached hydrogen (secondary N) is 1. The van der Waals surface area contributed by atoms with Crippen LogP contribution in [-0.4, -0.2) is 47.9 Å². The average Bonchev–Trinajstić information content (AvgIpc) is 2.64. The van der Waals surface area contributed by atoms with Crippen molar-refractivity contribution in [2.45, 2.75) is 12.6 Å². The summed E-state index contributed by atoms with van der Waals surface area (Å²) >= 11 is 0. The number of hydrogen-bond acceptors (Lipinski definition) is 4. The van der Waals surface area contributed by atoms with E-state index < -0.39 is 12.1 Å². The molecule has 6 heteroatoms. The molecule has 1 fully saturated rings. The first-order valence-corrected chi connectivity index (χ1v) is 8.79. The van der Waals surface area contributed by atoms with Crippen molar-refractivity contribution < 1.29 is 9.59 Å². The highest BCUT2D eigenvalue weighted by molar-refractivity contribution is 5.96. The van der Waals surface area contributed by atoms with E-state index in [0.29, 0.717) is 0 Å². The first-order chi connectivity index (χ1) is 12.6. The van der Waals surface area contributed by atoms with Crippen LogP contribution in [-0.2, 0) is 11.3 Å². The van der Waals surface area contributed by atoms with E-state index in [9.17, 15) is 9.59 Å². The normalized spacial score (nSPS) is 16.8. The lowest BCUT2D eigenvalue weighted by atomic mass is 10.0. The lowest BCUT2D eigenvalue weighted by Crippen LogP contribution is -2.51. The van der Waals surface area contributed by atoms with Crippen molar-refractivity contribution in [3.63, 3.8) is 0 Å². The molecule has 1 aliphatic heterocycles. The Kier molecular flexibility index (Phi) is 5.99. The minimum atomic E-state index is -0.821. The van der Waals surface area contributed by atoms with Gasteiger partial charge < -0.3 is 5.73 Å². The number of benzene rings is 2. The van der Waals surface area contributed by atoms with E-state index in [1.165, 1.54) is 5.56 Å². The zero-order valence-corrected chi connectivity index (χ0v) is 14.7. The van der Waals surface area contributed by atoms with E-state index in [4.69, 9.17) is 5.73 Å². The molecule has 1 atom stereocenters. The molecule has 0 aromatic heterocycles. The number of carbonyl (C=O) groups excluding carboxylic acids is 2. The second kappa shape index (κ2) is 8.60. The van der Waals surface area contributed by atoms with Crippen molar-refractivity contribution in [3.05, 3.63) is 71.8 Å². The zero-order valence-electron chi connectivity index (χ0n) is 14.7. The van der Waals surface area contributed by atoms with Gasteiger partial charge in [0.15, 0.2) is 0 Å². The molecule has 1 saturated heterocycles. The smallest absolute Gasteiger partial charge is 0.318 e. The molecule has 0 bridgehead atoms. The molecule has 2 aromatic rings. The monoisotopic (exact) mass is 352 g/mol. The molecule has 26 heavy (non-hydrogen) atoms. The van der Waals surface area contributed by atoms with Crippen molar-refractivity contribution in [1.29, 1.82) is 0 Å². The van der Waals surface area contributed by atoms with Crippen LogP contribution in [0, 0.1) is 0 Å². The first-order valence-electron chi connectivity index (χ1n) is 8.79. The third kappa shape index (κ3) is 4.68. The summed E-state index contributed by atoms with van der Waals surface area (Å²) in [5, 5.41) is 2.23. The van der Waals surface area contributed by atoms with Crippen molar-refractivity contribution in [2.75, 3.05) is 26.2 Å². The van der Waals surface area contributed by atoms with Gasteiger partial charge in [-0.05, 0) is 11.1 Å². The number of nitrogens with two attached hydrogens (primary N) is 1. The van der Waals surface area contributed by atoms with E-state index in [-0.39, 0.29) is 5.91 Å². The summed E-state index contributed by atoms with van der Waals surface area (Å²) in [4.78, 5) is 28.2. The Morgan fingerprint density at radius 2 is 1.50 bits per heavy atom. The van der Waals surface area contributed by atoms with Crippen LogP contribution in [0.3, 0.4) is 0 Å². The van der Waals surface area contributed by atoms with Crippen molar-refractivity contribution in [2.24, 2.45) is 5.73 Å². The van der Waals surface area contributed by atoms with Gasteiger partial charge in [-0.3, -0.25) is 19.9 Å². The van der Waals surface area contributed by atoms with Gasteiger partial charge in [-0.25, -0.2) is 4.79 Å². The number of urea groups is 1. The second-order valence-corrected chi connectivity index (χ2v) is 6.46. The van der Waals surface area contributed by atoms with Gasteiger partial charge in [0, 0.05) is 32.7 Å². The zero-order chi connectivity index (χ0) is 18.4. The van der Waals surface area contributed by atoms with E-state index in [0.717, 1.165) is 38.3 Å². The van der Waals surface area contributed by atoms with Crippen LogP contribution in [0.1, 0.15) is 17.2 Å². The number of rotatable bonds is 5. The van der Waals surface area contributed by atoms with Gasteiger partial charge in [0.25, 0.3) is 0 Å². The Bertz CT molecular complexity index is 728. The maximum Gasteiger partial charge on any atom is 0.318 e. The summed E-state index contributed by atoms with van der Waals surface area (Å²) in [5.74, 6) is -0.375. The van der Waals surface area contributed by atoms with E-state index in [1.807, 2.05) is 48.5 Å². The Balaban J connectivity index is 1.67. The predicted molar refractivity (Wildman–Crippen MR) is 100 cm³/mol. The lowest BCUT2D eigenvalue weighted by molar-refractivity contribution is -0.126. The molecule has 1 aliphatic rings. The molecular formula is C20H24N4O2. The highest BCUT2D eigenvalue weighted by atomic mass is 16.2. The fourth-order valence-corrected chi connectivity index (χ4v) is 3.37. The van der Waals surface area contributed by atoms with E-state index >= 15 is 0 Å². The average molecular weight is 352 g/mol. The molecule has 136 valence electrons. The minimum absolute atomic E-state index is 0.375. The van der Waals surface area contributed by atoms with Crippen LogP contribution in [0.2, 0.25) is 0 Å². The third-order valence-electron chi connectivity index (χ3n) is 4.63. The summed E-state index contributed by atoms with van der Waals surface area (Å²) in [5.41, 5.74) is 7.30. The molecule has 6 nitrogen and oxygen atoms in total. The maximum atomic E-state index is 12.6. The van der Waals surface area contributed by atoms with E-state index in [2.05, 4.69) is 27.2 Å². The largest absolute Gasteiger partial charge is 0.351 e. The Labute approximate surface area is 153 Å². The molecule has 0 radical (unpaired) electrons. The second-order valence-electron chi connectivity index (χ2n) is 6.46. The fourth-order valence-electron chi connectivity index (χ4n) is 3.37. The van der Waals surface area contributed by atoms with Gasteiger partial charge >= 0.3 is 6.03 Å². The van der Waals surface area contributed by atoms with Crippen LogP contribution in [0.15, 0.2) is 60.7 Å². The van der Waals surface area contributed by atoms with Gasteiger partial charge in [-0.15, -0.1) is 0 Å². The number of carbonyl (C=O) groups is 2. The van der Waals surface area contributed by atoms with Crippen molar-refractivity contribution >= 4 is 11.9 Å². The van der Waals surface area contributed by atoms with Gasteiger partial charge in [0.05, 0.1) is 0 Å². The molecule has 3 amide bonds. The fraction of sp³-hybridized carbons (Fsp3) is 0.300. The number of primary amides is 1. The molecule has 1 heterocycles. The van der Waals surface area contributed by atoms with Gasteiger partial charge in [0.2, 0.25) is 5.91 Å². The number of piperazine rings is 1. The summed E-state index contributed by atoms with van der Waals surface area (Å²) in [6.07, 6.45) is 0. The molecule has 0 saturated carbocycles. The number of hydrogen-bond donors (Lipinski definition) is 2. The molecule has 0 spiro atoms. The first kappa shape index (κ1) is 18.1. The predicted octanol–water partition coefficient (Wildman–Crippen LogP) is 1.74. The Hall–Kier alpha value is -2.70. The molecule has 0 unspecified atom stereocenters. The molecular weight excluding hydrogens is 328 g/mol. The number of amides is 3. The maximum absolute atomic E-state index is 12.6. The summed E-state index contributed by atoms with van der Waals surface area (Å²) in [7, 11) is 0. The van der Waals surface area contributed by atoms with Crippen LogP contribution in [0.4, 0.5) is 4.79 Å². The number of nitrogens with zero attached hydrogens (tertiary/aromatic N) is 2. The summed E-state index contributed by atoms with van der Waals surface area (Å²) in [6, 6.07) is 18.5. The summed E-state index contributed by atoms with van der Waals surface area (Å²) < 4.78 is 0.